The van der Waals surface area contributed by atoms with E-state index in [0.717, 1.165) is 43.0 Å². The summed E-state index contributed by atoms with van der Waals surface area (Å²) in [5.41, 5.74) is 4.27. The maximum absolute atomic E-state index is 15.1. The van der Waals surface area contributed by atoms with E-state index in [1.54, 1.807) is 18.3 Å². The monoisotopic (exact) mass is 520 g/mol. The molecule has 3 aromatic carbocycles. The van der Waals surface area contributed by atoms with Gasteiger partial charge in [-0.15, -0.1) is 0 Å². The first-order valence-corrected chi connectivity index (χ1v) is 13.1. The molecule has 0 aliphatic carbocycles. The van der Waals surface area contributed by atoms with Crippen molar-refractivity contribution in [2.75, 3.05) is 43.4 Å². The molecule has 7 nitrogen and oxygen atoms in total. The molecule has 1 N–H and O–H groups in total. The first-order valence-electron chi connectivity index (χ1n) is 13.1. The van der Waals surface area contributed by atoms with Crippen LogP contribution in [0, 0.1) is 5.82 Å². The normalized spacial score (nSPS) is 14.1. The minimum atomic E-state index is -0.367. The molecule has 0 saturated carbocycles. The minimum absolute atomic E-state index is 0.0449. The largest absolute Gasteiger partial charge is 0.369 e. The predicted octanol–water partition coefficient (Wildman–Crippen LogP) is 5.14. The van der Waals surface area contributed by atoms with Crippen molar-refractivity contribution < 1.29 is 4.39 Å². The number of nitrogens with zero attached hydrogens (tertiary/aromatic N) is 5. The van der Waals surface area contributed by atoms with Crippen molar-refractivity contribution in [3.8, 4) is 11.1 Å². The van der Waals surface area contributed by atoms with Crippen LogP contribution >= 0.6 is 0 Å². The number of anilines is 3. The lowest BCUT2D eigenvalue weighted by Gasteiger charge is -2.34. The molecule has 0 amide bonds. The van der Waals surface area contributed by atoms with Gasteiger partial charge in [0.25, 0.3) is 5.56 Å². The standard InChI is InChI=1S/C31H29FN6O/c1-36-16-18-37(19-17-36)25-13-11-24(12-14-25)34-31-33-20-23-10-15-29(39)38(30(23)35-31)21-27-26(8-5-9-28(27)32)22-6-3-2-4-7-22/h2-15,20H,16-19,21H2,1H3,(H,33,34,35). The highest BCUT2D eigenvalue weighted by atomic mass is 19.1. The smallest absolute Gasteiger partial charge is 0.252 e. The van der Waals surface area contributed by atoms with E-state index in [2.05, 4.69) is 44.3 Å². The highest BCUT2D eigenvalue weighted by molar-refractivity contribution is 5.76. The zero-order valence-electron chi connectivity index (χ0n) is 21.7. The Kier molecular flexibility index (Phi) is 6.77. The number of pyridine rings is 1. The lowest BCUT2D eigenvalue weighted by molar-refractivity contribution is 0.313. The number of fused-ring (bicyclic) bond motifs is 1. The summed E-state index contributed by atoms with van der Waals surface area (Å²) >= 11 is 0. The van der Waals surface area contributed by atoms with Crippen molar-refractivity contribution in [2.24, 2.45) is 0 Å². The van der Waals surface area contributed by atoms with Gasteiger partial charge in [-0.25, -0.2) is 9.37 Å². The molecule has 5 aromatic rings. The van der Waals surface area contributed by atoms with Crippen LogP contribution in [0.3, 0.4) is 0 Å². The van der Waals surface area contributed by atoms with E-state index >= 15 is 4.39 Å². The predicted molar refractivity (Wildman–Crippen MR) is 154 cm³/mol. The van der Waals surface area contributed by atoms with Gasteiger partial charge in [-0.3, -0.25) is 9.36 Å². The molecule has 1 aliphatic rings. The molecule has 1 aliphatic heterocycles. The van der Waals surface area contributed by atoms with Gasteiger partial charge in [0, 0.05) is 60.8 Å². The van der Waals surface area contributed by atoms with Crippen molar-refractivity contribution in [1.29, 1.82) is 0 Å². The molecular formula is C31H29FN6O. The van der Waals surface area contributed by atoms with Crippen molar-refractivity contribution >= 4 is 28.4 Å². The SMILES string of the molecule is CN1CCN(c2ccc(Nc3ncc4ccc(=O)n(Cc5c(F)cccc5-c5ccccc5)c4n3)cc2)CC1. The third-order valence-electron chi connectivity index (χ3n) is 7.23. The Bertz CT molecular complexity index is 1660. The Labute approximate surface area is 226 Å². The quantitative estimate of drug-likeness (QED) is 0.334. The van der Waals surface area contributed by atoms with E-state index in [1.807, 2.05) is 48.5 Å². The first kappa shape index (κ1) is 24.8. The van der Waals surface area contributed by atoms with Crippen molar-refractivity contribution in [3.05, 3.63) is 113 Å². The molecule has 1 saturated heterocycles. The number of hydrogen-bond donors (Lipinski definition) is 1. The summed E-state index contributed by atoms with van der Waals surface area (Å²) in [6.07, 6.45) is 1.68. The highest BCUT2D eigenvalue weighted by Crippen LogP contribution is 2.27. The fourth-order valence-electron chi connectivity index (χ4n) is 5.00. The highest BCUT2D eigenvalue weighted by Gasteiger charge is 2.16. The fourth-order valence-corrected chi connectivity index (χ4v) is 5.00. The van der Waals surface area contributed by atoms with Crippen LogP contribution in [0.2, 0.25) is 0 Å². The van der Waals surface area contributed by atoms with Gasteiger partial charge >= 0.3 is 0 Å². The molecule has 3 heterocycles. The van der Waals surface area contributed by atoms with Crippen LogP contribution < -0.4 is 15.8 Å². The number of halogens is 1. The van der Waals surface area contributed by atoms with Gasteiger partial charge < -0.3 is 15.1 Å². The van der Waals surface area contributed by atoms with Crippen LogP contribution in [0.15, 0.2) is 95.9 Å². The lowest BCUT2D eigenvalue weighted by atomic mass is 9.99. The fraction of sp³-hybridized carbons (Fsp3) is 0.194. The van der Waals surface area contributed by atoms with Gasteiger partial charge in [0.15, 0.2) is 0 Å². The van der Waals surface area contributed by atoms with E-state index in [9.17, 15) is 4.79 Å². The molecule has 0 spiro atoms. The Balaban J connectivity index is 1.31. The molecule has 39 heavy (non-hydrogen) atoms. The number of benzene rings is 3. The maximum Gasteiger partial charge on any atom is 0.252 e. The Hall–Kier alpha value is -4.56. The summed E-state index contributed by atoms with van der Waals surface area (Å²) in [5, 5.41) is 3.95. The van der Waals surface area contributed by atoms with Gasteiger partial charge in [0.05, 0.1) is 6.54 Å². The molecule has 6 rings (SSSR count). The van der Waals surface area contributed by atoms with E-state index in [4.69, 9.17) is 0 Å². The average Bonchev–Trinajstić information content (AvgIpc) is 2.97. The average molecular weight is 521 g/mol. The Morgan fingerprint density at radius 3 is 2.41 bits per heavy atom. The van der Waals surface area contributed by atoms with Crippen LogP contribution in [0.1, 0.15) is 5.56 Å². The number of rotatable bonds is 6. The van der Waals surface area contributed by atoms with Crippen LogP contribution in [0.25, 0.3) is 22.2 Å². The Morgan fingerprint density at radius 1 is 0.872 bits per heavy atom. The first-order chi connectivity index (χ1) is 19.0. The summed E-state index contributed by atoms with van der Waals surface area (Å²) in [5.74, 6) is -0.000820. The van der Waals surface area contributed by atoms with Crippen LogP contribution in [0.4, 0.5) is 21.7 Å². The number of nitrogens with one attached hydrogen (secondary N) is 1. The maximum atomic E-state index is 15.1. The van der Waals surface area contributed by atoms with Gasteiger partial charge in [-0.1, -0.05) is 42.5 Å². The second kappa shape index (κ2) is 10.7. The number of aromatic nitrogens is 3. The summed E-state index contributed by atoms with van der Waals surface area (Å²) in [6, 6.07) is 26.0. The molecule has 0 radical (unpaired) electrons. The summed E-state index contributed by atoms with van der Waals surface area (Å²) in [7, 11) is 2.14. The van der Waals surface area contributed by atoms with E-state index in [-0.39, 0.29) is 17.9 Å². The van der Waals surface area contributed by atoms with Gasteiger partial charge in [-0.2, -0.15) is 4.98 Å². The van der Waals surface area contributed by atoms with E-state index in [0.29, 0.717) is 22.5 Å². The van der Waals surface area contributed by atoms with Crippen molar-refractivity contribution in [1.82, 2.24) is 19.4 Å². The van der Waals surface area contributed by atoms with Gasteiger partial charge in [0.2, 0.25) is 5.95 Å². The van der Waals surface area contributed by atoms with Crippen LogP contribution in [0.5, 0.6) is 0 Å². The van der Waals surface area contributed by atoms with Crippen molar-refractivity contribution in [3.63, 3.8) is 0 Å². The number of hydrogen-bond acceptors (Lipinski definition) is 6. The van der Waals surface area contributed by atoms with Crippen LogP contribution in [-0.4, -0.2) is 52.7 Å². The Morgan fingerprint density at radius 2 is 1.64 bits per heavy atom. The summed E-state index contributed by atoms with van der Waals surface area (Å²) in [4.78, 5) is 26.9. The zero-order chi connectivity index (χ0) is 26.8. The van der Waals surface area contributed by atoms with E-state index in [1.165, 1.54) is 22.4 Å². The number of piperazine rings is 1. The molecule has 196 valence electrons. The van der Waals surface area contributed by atoms with E-state index < -0.39 is 0 Å². The molecule has 2 aromatic heterocycles. The molecule has 8 heteroatoms. The third-order valence-corrected chi connectivity index (χ3v) is 7.23. The second-order valence-corrected chi connectivity index (χ2v) is 9.82. The molecule has 0 bridgehead atoms. The molecule has 0 atom stereocenters. The van der Waals surface area contributed by atoms with Gasteiger partial charge in [0.1, 0.15) is 11.5 Å². The van der Waals surface area contributed by atoms with Gasteiger partial charge in [-0.05, 0) is 54.6 Å². The van der Waals surface area contributed by atoms with Crippen molar-refractivity contribution in [2.45, 2.75) is 6.54 Å². The zero-order valence-corrected chi connectivity index (χ0v) is 21.7. The molecule has 0 unspecified atom stereocenters. The topological polar surface area (TPSA) is 66.3 Å². The third kappa shape index (κ3) is 5.24. The molecule has 1 fully saturated rings. The summed E-state index contributed by atoms with van der Waals surface area (Å²) < 4.78 is 16.6. The second-order valence-electron chi connectivity index (χ2n) is 9.82. The molecular weight excluding hydrogens is 491 g/mol. The lowest BCUT2D eigenvalue weighted by Crippen LogP contribution is -2.44. The summed E-state index contributed by atoms with van der Waals surface area (Å²) in [6.45, 7) is 4.15. The number of likely N-dealkylation sites (N-methyl/N-ethyl adjacent to an activating group) is 1. The van der Waals surface area contributed by atoms with Crippen LogP contribution in [-0.2, 0) is 6.54 Å². The minimum Gasteiger partial charge on any atom is -0.369 e.